The largest absolute Gasteiger partial charge is 0.493 e. The second kappa shape index (κ2) is 8.75. The summed E-state index contributed by atoms with van der Waals surface area (Å²) in [7, 11) is -0.975. The molecular formula is C20H21F3N2O5S. The van der Waals surface area contributed by atoms with Gasteiger partial charge in [-0.1, -0.05) is 0 Å². The third kappa shape index (κ3) is 4.77. The van der Waals surface area contributed by atoms with Gasteiger partial charge in [0.05, 0.1) is 24.7 Å². The van der Waals surface area contributed by atoms with Gasteiger partial charge in [0.25, 0.3) is 5.91 Å². The van der Waals surface area contributed by atoms with Crippen LogP contribution in [0.25, 0.3) is 0 Å². The molecule has 0 bridgehead atoms. The number of benzene rings is 2. The molecule has 1 aliphatic rings. The highest BCUT2D eigenvalue weighted by atomic mass is 32.2. The highest BCUT2D eigenvalue weighted by Crippen LogP contribution is 2.31. The van der Waals surface area contributed by atoms with Crippen molar-refractivity contribution in [1.82, 2.24) is 9.21 Å². The lowest BCUT2D eigenvalue weighted by Crippen LogP contribution is -2.50. The Hall–Kier alpha value is -2.79. The van der Waals surface area contributed by atoms with Crippen molar-refractivity contribution < 1.29 is 35.9 Å². The Morgan fingerprint density at radius 3 is 2.00 bits per heavy atom. The Labute approximate surface area is 178 Å². The summed E-state index contributed by atoms with van der Waals surface area (Å²) in [6.07, 6.45) is -4.48. The fraction of sp³-hybridized carbons (Fsp3) is 0.350. The first kappa shape index (κ1) is 22.9. The Morgan fingerprint density at radius 1 is 0.903 bits per heavy atom. The molecule has 1 aliphatic heterocycles. The number of nitrogens with zero attached hydrogens (tertiary/aromatic N) is 2. The van der Waals surface area contributed by atoms with E-state index in [0.29, 0.717) is 5.75 Å². The van der Waals surface area contributed by atoms with Crippen LogP contribution < -0.4 is 9.47 Å². The number of rotatable bonds is 5. The van der Waals surface area contributed by atoms with E-state index < -0.39 is 27.7 Å². The molecule has 1 saturated heterocycles. The fourth-order valence-electron chi connectivity index (χ4n) is 3.24. The average Bonchev–Trinajstić information content (AvgIpc) is 2.77. The Kier molecular flexibility index (Phi) is 6.46. The fourth-order valence-corrected chi connectivity index (χ4v) is 4.68. The van der Waals surface area contributed by atoms with Crippen LogP contribution in [0.5, 0.6) is 11.5 Å². The van der Waals surface area contributed by atoms with Crippen molar-refractivity contribution in [3.05, 3.63) is 53.6 Å². The van der Waals surface area contributed by atoms with Crippen molar-refractivity contribution in [2.75, 3.05) is 40.4 Å². The minimum atomic E-state index is -4.48. The minimum absolute atomic E-state index is 0.0349. The van der Waals surface area contributed by atoms with E-state index in [2.05, 4.69) is 0 Å². The maximum atomic E-state index is 13.0. The predicted molar refractivity (Wildman–Crippen MR) is 106 cm³/mol. The molecule has 0 unspecified atom stereocenters. The van der Waals surface area contributed by atoms with E-state index in [4.69, 9.17) is 9.47 Å². The van der Waals surface area contributed by atoms with Gasteiger partial charge in [-0.3, -0.25) is 4.79 Å². The van der Waals surface area contributed by atoms with Crippen LogP contribution in [-0.2, 0) is 16.2 Å². The van der Waals surface area contributed by atoms with Gasteiger partial charge in [0.1, 0.15) is 0 Å². The standard InChI is InChI=1S/C20H21F3N2O5S/c1-29-17-8-7-16(13-18(17)30-2)31(27,28)25-11-9-24(10-12-25)19(26)14-3-5-15(6-4-14)20(21,22)23/h3-8,13H,9-12H2,1-2H3. The molecule has 3 rings (SSSR count). The van der Waals surface area contributed by atoms with Gasteiger partial charge in [0, 0.05) is 37.8 Å². The van der Waals surface area contributed by atoms with Gasteiger partial charge in [-0.2, -0.15) is 17.5 Å². The quantitative estimate of drug-likeness (QED) is 0.689. The van der Waals surface area contributed by atoms with Crippen molar-refractivity contribution in [2.24, 2.45) is 0 Å². The van der Waals surface area contributed by atoms with Crippen LogP contribution in [0.2, 0.25) is 0 Å². The molecule has 2 aromatic carbocycles. The van der Waals surface area contributed by atoms with E-state index in [9.17, 15) is 26.4 Å². The summed E-state index contributed by atoms with van der Waals surface area (Å²) in [5.41, 5.74) is -0.723. The summed E-state index contributed by atoms with van der Waals surface area (Å²) in [4.78, 5) is 14.0. The van der Waals surface area contributed by atoms with Crippen molar-refractivity contribution >= 4 is 15.9 Å². The number of amides is 1. The van der Waals surface area contributed by atoms with Gasteiger partial charge in [-0.15, -0.1) is 0 Å². The van der Waals surface area contributed by atoms with Crippen molar-refractivity contribution in [2.45, 2.75) is 11.1 Å². The molecule has 0 saturated carbocycles. The molecule has 31 heavy (non-hydrogen) atoms. The number of carbonyl (C=O) groups is 1. The molecule has 0 atom stereocenters. The van der Waals surface area contributed by atoms with Crippen molar-refractivity contribution in [3.8, 4) is 11.5 Å². The third-order valence-corrected chi connectivity index (χ3v) is 6.87. The molecule has 0 aliphatic carbocycles. The van der Waals surface area contributed by atoms with Gasteiger partial charge in [0.2, 0.25) is 10.0 Å². The molecule has 1 amide bonds. The van der Waals surface area contributed by atoms with E-state index in [1.165, 1.54) is 41.6 Å². The summed E-state index contributed by atoms with van der Waals surface area (Å²) in [5, 5.41) is 0. The topological polar surface area (TPSA) is 76.2 Å². The normalized spacial score (nSPS) is 15.6. The van der Waals surface area contributed by atoms with E-state index in [1.807, 2.05) is 0 Å². The van der Waals surface area contributed by atoms with Crippen molar-refractivity contribution in [3.63, 3.8) is 0 Å². The Balaban J connectivity index is 1.69. The highest BCUT2D eigenvalue weighted by Gasteiger charge is 2.32. The smallest absolute Gasteiger partial charge is 0.416 e. The first-order valence-electron chi connectivity index (χ1n) is 9.26. The molecule has 0 spiro atoms. The zero-order chi connectivity index (χ0) is 22.8. The molecule has 2 aromatic rings. The van der Waals surface area contributed by atoms with E-state index >= 15 is 0 Å². The lowest BCUT2D eigenvalue weighted by Gasteiger charge is -2.34. The van der Waals surface area contributed by atoms with Crippen LogP contribution in [0.1, 0.15) is 15.9 Å². The maximum Gasteiger partial charge on any atom is 0.416 e. The van der Waals surface area contributed by atoms with Crippen LogP contribution >= 0.6 is 0 Å². The van der Waals surface area contributed by atoms with Crippen LogP contribution in [0.4, 0.5) is 13.2 Å². The first-order valence-corrected chi connectivity index (χ1v) is 10.7. The number of carbonyl (C=O) groups excluding carboxylic acids is 1. The third-order valence-electron chi connectivity index (χ3n) is 4.98. The van der Waals surface area contributed by atoms with Gasteiger partial charge >= 0.3 is 6.18 Å². The summed E-state index contributed by atoms with van der Waals surface area (Å²) in [6, 6.07) is 8.23. The number of halogens is 3. The van der Waals surface area contributed by atoms with Crippen molar-refractivity contribution in [1.29, 1.82) is 0 Å². The Morgan fingerprint density at radius 2 is 1.48 bits per heavy atom. The van der Waals surface area contributed by atoms with Crippen LogP contribution in [0, 0.1) is 0 Å². The highest BCUT2D eigenvalue weighted by molar-refractivity contribution is 7.89. The zero-order valence-corrected chi connectivity index (χ0v) is 17.7. The molecule has 168 valence electrons. The molecule has 11 heteroatoms. The molecule has 1 heterocycles. The minimum Gasteiger partial charge on any atom is -0.493 e. The van der Waals surface area contributed by atoms with Crippen LogP contribution in [0.15, 0.2) is 47.4 Å². The number of hydrogen-bond donors (Lipinski definition) is 0. The second-order valence-corrected chi connectivity index (χ2v) is 8.73. The number of sulfonamides is 1. The van der Waals surface area contributed by atoms with E-state index in [-0.39, 0.29) is 42.4 Å². The van der Waals surface area contributed by atoms with Crippen LogP contribution in [0.3, 0.4) is 0 Å². The predicted octanol–water partition coefficient (Wildman–Crippen LogP) is 2.87. The van der Waals surface area contributed by atoms with Gasteiger partial charge < -0.3 is 14.4 Å². The monoisotopic (exact) mass is 458 g/mol. The number of piperazine rings is 1. The Bertz CT molecular complexity index is 1050. The lowest BCUT2D eigenvalue weighted by molar-refractivity contribution is -0.137. The first-order chi connectivity index (χ1) is 14.6. The van der Waals surface area contributed by atoms with Gasteiger partial charge in [0.15, 0.2) is 11.5 Å². The number of ether oxygens (including phenoxy) is 2. The SMILES string of the molecule is COc1ccc(S(=O)(=O)N2CCN(C(=O)c3ccc(C(F)(F)F)cc3)CC2)cc1OC. The molecule has 0 aromatic heterocycles. The van der Waals surface area contributed by atoms with Gasteiger partial charge in [-0.05, 0) is 36.4 Å². The molecule has 0 N–H and O–H groups in total. The molecular weight excluding hydrogens is 437 g/mol. The number of hydrogen-bond acceptors (Lipinski definition) is 5. The van der Waals surface area contributed by atoms with E-state index in [0.717, 1.165) is 24.3 Å². The van der Waals surface area contributed by atoms with Gasteiger partial charge in [-0.25, -0.2) is 8.42 Å². The lowest BCUT2D eigenvalue weighted by atomic mass is 10.1. The maximum absolute atomic E-state index is 13.0. The zero-order valence-electron chi connectivity index (χ0n) is 16.8. The molecule has 1 fully saturated rings. The van der Waals surface area contributed by atoms with E-state index in [1.54, 1.807) is 0 Å². The summed E-state index contributed by atoms with van der Waals surface area (Å²) in [5.74, 6) is 0.227. The summed E-state index contributed by atoms with van der Waals surface area (Å²) < 4.78 is 75.5. The summed E-state index contributed by atoms with van der Waals surface area (Å²) in [6.45, 7) is 0.352. The van der Waals surface area contributed by atoms with Crippen LogP contribution in [-0.4, -0.2) is 63.9 Å². The number of alkyl halides is 3. The molecule has 0 radical (unpaired) electrons. The average molecular weight is 458 g/mol. The number of methoxy groups -OCH3 is 2. The second-order valence-electron chi connectivity index (χ2n) is 6.79. The molecule has 7 nitrogen and oxygen atoms in total. The summed E-state index contributed by atoms with van der Waals surface area (Å²) >= 11 is 0.